The number of unbranched alkanes of at least 4 members (excludes halogenated alkanes) is 32. The van der Waals surface area contributed by atoms with E-state index in [9.17, 15) is 14.4 Å². The first kappa shape index (κ1) is 70.6. The van der Waals surface area contributed by atoms with Crippen LogP contribution in [0.4, 0.5) is 0 Å². The Morgan fingerprint density at radius 1 is 0.284 bits per heavy atom. The molecule has 0 aromatic heterocycles. The number of hydrogen-bond acceptors (Lipinski definition) is 6. The van der Waals surface area contributed by atoms with Gasteiger partial charge in [-0.25, -0.2) is 0 Å². The third-order valence-corrected chi connectivity index (χ3v) is 13.6. The van der Waals surface area contributed by atoms with Gasteiger partial charge in [0.15, 0.2) is 6.10 Å². The van der Waals surface area contributed by atoms with E-state index < -0.39 is 6.10 Å². The van der Waals surface area contributed by atoms with Crippen molar-refractivity contribution >= 4 is 17.9 Å². The van der Waals surface area contributed by atoms with Crippen molar-refractivity contribution in [1.29, 1.82) is 0 Å². The molecule has 6 nitrogen and oxygen atoms in total. The van der Waals surface area contributed by atoms with Gasteiger partial charge in [0, 0.05) is 19.3 Å². The van der Waals surface area contributed by atoms with Gasteiger partial charge >= 0.3 is 17.9 Å². The quantitative estimate of drug-likeness (QED) is 0.0261. The molecule has 0 fully saturated rings. The zero-order valence-electron chi connectivity index (χ0n) is 48.8. The van der Waals surface area contributed by atoms with Crippen LogP contribution in [0.2, 0.25) is 0 Å². The van der Waals surface area contributed by atoms with Crippen LogP contribution in [0.25, 0.3) is 0 Å². The van der Waals surface area contributed by atoms with Crippen LogP contribution in [0.15, 0.2) is 85.1 Å². The minimum absolute atomic E-state index is 0.0787. The molecule has 0 rings (SSSR count). The average molecular weight is 1030 g/mol. The molecule has 0 saturated heterocycles. The van der Waals surface area contributed by atoms with Gasteiger partial charge in [-0.05, 0) is 103 Å². The normalized spacial score (nSPS) is 12.6. The molecule has 1 unspecified atom stereocenters. The van der Waals surface area contributed by atoms with E-state index in [1.807, 2.05) is 0 Å². The number of allylic oxidation sites excluding steroid dienone is 14. The van der Waals surface area contributed by atoms with Crippen LogP contribution in [-0.2, 0) is 28.6 Å². The summed E-state index contributed by atoms with van der Waals surface area (Å²) >= 11 is 0. The Balaban J connectivity index is 3.98. The van der Waals surface area contributed by atoms with E-state index in [1.165, 1.54) is 154 Å². The molecule has 0 aliphatic carbocycles. The van der Waals surface area contributed by atoms with Gasteiger partial charge < -0.3 is 14.2 Å². The predicted molar refractivity (Wildman–Crippen MR) is 321 cm³/mol. The van der Waals surface area contributed by atoms with Crippen molar-refractivity contribution in [3.63, 3.8) is 0 Å². The van der Waals surface area contributed by atoms with Crippen LogP contribution in [0.3, 0.4) is 0 Å². The van der Waals surface area contributed by atoms with Crippen molar-refractivity contribution in [3.05, 3.63) is 85.1 Å². The standard InChI is InChI=1S/C68H118O6/c1-4-7-10-13-16-19-22-23-24-25-26-27-28-29-30-31-32-33-34-35-36-37-38-39-40-41-42-43-44-45-47-49-52-55-58-61-67(70)73-64-65(63-72-66(69)60-57-54-51-48-21-18-15-12-9-6-3)74-68(71)62-59-56-53-50-46-20-17-14-11-8-5-2/h7,10,12,14-17,19,23-24,26-27,29-30,65H,4-6,8-9,11,13,18,20-22,25,28,31-64H2,1-3H3/b10-7-,15-12-,17-14-,19-16-,24-23-,27-26-,30-29-. The van der Waals surface area contributed by atoms with Crippen LogP contribution in [0, 0.1) is 0 Å². The molecule has 6 heteroatoms. The molecule has 0 aliphatic rings. The molecule has 0 aromatic rings. The van der Waals surface area contributed by atoms with Gasteiger partial charge in [-0.2, -0.15) is 0 Å². The maximum Gasteiger partial charge on any atom is 0.306 e. The molecule has 0 amide bonds. The molecule has 0 spiro atoms. The van der Waals surface area contributed by atoms with Crippen molar-refractivity contribution in [1.82, 2.24) is 0 Å². The van der Waals surface area contributed by atoms with Crippen LogP contribution < -0.4 is 0 Å². The Hall–Kier alpha value is -3.41. The van der Waals surface area contributed by atoms with Gasteiger partial charge in [-0.1, -0.05) is 273 Å². The summed E-state index contributed by atoms with van der Waals surface area (Å²) in [6, 6.07) is 0. The number of carbonyl (C=O) groups excluding carboxylic acids is 3. The number of carbonyl (C=O) groups is 3. The lowest BCUT2D eigenvalue weighted by Crippen LogP contribution is -2.30. The van der Waals surface area contributed by atoms with Crippen LogP contribution in [-0.4, -0.2) is 37.2 Å². The number of hydrogen-bond donors (Lipinski definition) is 0. The summed E-state index contributed by atoms with van der Waals surface area (Å²) in [6.07, 6.45) is 82.0. The first-order chi connectivity index (χ1) is 36.5. The summed E-state index contributed by atoms with van der Waals surface area (Å²) < 4.78 is 16.8. The van der Waals surface area contributed by atoms with Gasteiger partial charge in [-0.15, -0.1) is 0 Å². The van der Waals surface area contributed by atoms with Gasteiger partial charge in [-0.3, -0.25) is 14.4 Å². The van der Waals surface area contributed by atoms with Crippen molar-refractivity contribution in [2.45, 2.75) is 316 Å². The molecule has 0 N–H and O–H groups in total. The van der Waals surface area contributed by atoms with E-state index in [0.717, 1.165) is 116 Å². The molecule has 74 heavy (non-hydrogen) atoms. The highest BCUT2D eigenvalue weighted by Gasteiger charge is 2.19. The highest BCUT2D eigenvalue weighted by Crippen LogP contribution is 2.17. The molecule has 0 saturated carbocycles. The van der Waals surface area contributed by atoms with E-state index >= 15 is 0 Å². The Morgan fingerprint density at radius 3 is 0.892 bits per heavy atom. The third-order valence-electron chi connectivity index (χ3n) is 13.6. The lowest BCUT2D eigenvalue weighted by molar-refractivity contribution is -0.167. The Bertz CT molecular complexity index is 1420. The molecule has 0 aromatic carbocycles. The maximum atomic E-state index is 12.8. The molecular weight excluding hydrogens is 913 g/mol. The largest absolute Gasteiger partial charge is 0.462 e. The molecular formula is C68H118O6. The summed E-state index contributed by atoms with van der Waals surface area (Å²) in [4.78, 5) is 38.0. The topological polar surface area (TPSA) is 78.9 Å². The Kier molecular flexibility index (Phi) is 59.3. The fraction of sp³-hybridized carbons (Fsp3) is 0.750. The lowest BCUT2D eigenvalue weighted by atomic mass is 10.0. The number of esters is 3. The van der Waals surface area contributed by atoms with Gasteiger partial charge in [0.05, 0.1) is 0 Å². The van der Waals surface area contributed by atoms with E-state index in [0.29, 0.717) is 19.3 Å². The molecule has 426 valence electrons. The van der Waals surface area contributed by atoms with Crippen molar-refractivity contribution < 1.29 is 28.6 Å². The van der Waals surface area contributed by atoms with Crippen molar-refractivity contribution in [2.75, 3.05) is 13.2 Å². The Morgan fingerprint density at radius 2 is 0.554 bits per heavy atom. The van der Waals surface area contributed by atoms with E-state index in [2.05, 4.69) is 106 Å². The summed E-state index contributed by atoms with van der Waals surface area (Å²) in [5.41, 5.74) is 0. The average Bonchev–Trinajstić information content (AvgIpc) is 3.40. The van der Waals surface area contributed by atoms with Gasteiger partial charge in [0.25, 0.3) is 0 Å². The lowest BCUT2D eigenvalue weighted by Gasteiger charge is -2.18. The van der Waals surface area contributed by atoms with Crippen LogP contribution >= 0.6 is 0 Å². The van der Waals surface area contributed by atoms with E-state index in [1.54, 1.807) is 0 Å². The fourth-order valence-electron chi connectivity index (χ4n) is 8.87. The first-order valence-electron chi connectivity index (χ1n) is 31.6. The first-order valence-corrected chi connectivity index (χ1v) is 31.6. The summed E-state index contributed by atoms with van der Waals surface area (Å²) in [6.45, 7) is 6.43. The van der Waals surface area contributed by atoms with Crippen LogP contribution in [0.5, 0.6) is 0 Å². The predicted octanol–water partition coefficient (Wildman–Crippen LogP) is 21.5. The second kappa shape index (κ2) is 62.1. The summed E-state index contributed by atoms with van der Waals surface area (Å²) in [5, 5.41) is 0. The maximum absolute atomic E-state index is 12.8. The zero-order chi connectivity index (χ0) is 53.6. The van der Waals surface area contributed by atoms with Crippen molar-refractivity contribution in [2.24, 2.45) is 0 Å². The minimum Gasteiger partial charge on any atom is -0.462 e. The molecule has 0 bridgehead atoms. The van der Waals surface area contributed by atoms with E-state index in [4.69, 9.17) is 14.2 Å². The minimum atomic E-state index is -0.779. The van der Waals surface area contributed by atoms with Crippen molar-refractivity contribution in [3.8, 4) is 0 Å². The van der Waals surface area contributed by atoms with Crippen LogP contribution in [0.1, 0.15) is 310 Å². The summed E-state index contributed by atoms with van der Waals surface area (Å²) in [5.74, 6) is -0.891. The fourth-order valence-corrected chi connectivity index (χ4v) is 8.87. The summed E-state index contributed by atoms with van der Waals surface area (Å²) in [7, 11) is 0. The molecule has 0 aliphatic heterocycles. The second-order valence-electron chi connectivity index (χ2n) is 20.9. The van der Waals surface area contributed by atoms with Gasteiger partial charge in [0.1, 0.15) is 13.2 Å². The SMILES string of the molecule is CC/C=C\C/C=C\C/C=C\C/C=C\C/C=C\CCCCCCCCCCCCCCCCCCCCCC(=O)OCC(COC(=O)CCCCCCC/C=C\CCC)OC(=O)CCCCCCC/C=C\CCCC. The highest BCUT2D eigenvalue weighted by molar-refractivity contribution is 5.71. The number of rotatable bonds is 57. The third kappa shape index (κ3) is 59.5. The highest BCUT2D eigenvalue weighted by atomic mass is 16.6. The smallest absolute Gasteiger partial charge is 0.306 e. The zero-order valence-corrected chi connectivity index (χ0v) is 48.8. The molecule has 1 atom stereocenters. The monoisotopic (exact) mass is 1030 g/mol. The molecule has 0 radical (unpaired) electrons. The Labute approximate surface area is 458 Å². The second-order valence-corrected chi connectivity index (χ2v) is 20.9. The number of ether oxygens (including phenoxy) is 3. The van der Waals surface area contributed by atoms with E-state index in [-0.39, 0.29) is 31.1 Å². The molecule has 0 heterocycles. The van der Waals surface area contributed by atoms with Gasteiger partial charge in [0.2, 0.25) is 0 Å².